The zero-order chi connectivity index (χ0) is 16.7. The maximum Gasteiger partial charge on any atom is 0.123 e. The van der Waals surface area contributed by atoms with E-state index in [4.69, 9.17) is 14.3 Å². The van der Waals surface area contributed by atoms with Gasteiger partial charge in [-0.25, -0.2) is 0 Å². The summed E-state index contributed by atoms with van der Waals surface area (Å²) in [4.78, 5) is 2.06. The number of aliphatic hydroxyl groups excluding tert-OH is 2. The van der Waals surface area contributed by atoms with Gasteiger partial charge in [0.1, 0.15) is 11.5 Å². The van der Waals surface area contributed by atoms with Crippen LogP contribution in [-0.2, 0) is 17.7 Å². The van der Waals surface area contributed by atoms with Crippen LogP contribution in [0.2, 0.25) is 0 Å². The van der Waals surface area contributed by atoms with Crippen LogP contribution >= 0.6 is 0 Å². The number of hydrogen-bond acceptors (Lipinski definition) is 5. The van der Waals surface area contributed by atoms with Gasteiger partial charge in [-0.3, -0.25) is 0 Å². The minimum atomic E-state index is -0.576. The van der Waals surface area contributed by atoms with Crippen molar-refractivity contribution in [1.82, 2.24) is 0 Å². The molecular weight excluding hydrogens is 294 g/mol. The quantitative estimate of drug-likeness (QED) is 0.741. The van der Waals surface area contributed by atoms with Crippen LogP contribution in [0.1, 0.15) is 17.1 Å². The van der Waals surface area contributed by atoms with E-state index in [1.54, 1.807) is 7.11 Å². The van der Waals surface area contributed by atoms with Gasteiger partial charge in [-0.15, -0.1) is 0 Å². The summed E-state index contributed by atoms with van der Waals surface area (Å²) >= 11 is 0. The van der Waals surface area contributed by atoms with E-state index in [0.29, 0.717) is 19.5 Å². The molecule has 1 heterocycles. The molecule has 0 spiro atoms. The molecule has 0 aliphatic carbocycles. The molecule has 0 saturated carbocycles. The third-order valence-corrected chi connectivity index (χ3v) is 3.63. The summed E-state index contributed by atoms with van der Waals surface area (Å²) in [6.07, 6.45) is 0.0671. The second-order valence-corrected chi connectivity index (χ2v) is 5.64. The number of rotatable bonds is 9. The lowest BCUT2D eigenvalue weighted by Gasteiger charge is -2.26. The van der Waals surface area contributed by atoms with Crippen molar-refractivity contribution in [3.05, 3.63) is 53.5 Å². The van der Waals surface area contributed by atoms with Crippen molar-refractivity contribution in [3.8, 4) is 0 Å². The molecule has 5 nitrogen and oxygen atoms in total. The average Bonchev–Trinajstić information content (AvgIpc) is 2.93. The number of aliphatic hydroxyl groups is 2. The second kappa shape index (κ2) is 8.72. The molecule has 2 aromatic rings. The van der Waals surface area contributed by atoms with Crippen molar-refractivity contribution in [2.75, 3.05) is 31.8 Å². The normalized spacial score (nSPS) is 12.3. The summed E-state index contributed by atoms with van der Waals surface area (Å²) in [5.41, 5.74) is 2.08. The molecule has 0 fully saturated rings. The Morgan fingerprint density at radius 3 is 2.48 bits per heavy atom. The van der Waals surface area contributed by atoms with Crippen LogP contribution in [-0.4, -0.2) is 43.2 Å². The maximum atomic E-state index is 10.1. The van der Waals surface area contributed by atoms with Crippen LogP contribution in [0.5, 0.6) is 0 Å². The van der Waals surface area contributed by atoms with Gasteiger partial charge in [0, 0.05) is 25.9 Å². The number of anilines is 1. The largest absolute Gasteiger partial charge is 0.464 e. The molecule has 0 saturated heterocycles. The Hall–Kier alpha value is -1.82. The number of aryl methyl sites for hydroxylation is 1. The fraction of sp³-hybridized carbons (Fsp3) is 0.444. The molecule has 126 valence electrons. The number of nitrogens with zero attached hydrogens (tertiary/aromatic N) is 1. The lowest BCUT2D eigenvalue weighted by molar-refractivity contribution is 0.0684. The van der Waals surface area contributed by atoms with Gasteiger partial charge in [0.2, 0.25) is 0 Å². The lowest BCUT2D eigenvalue weighted by Crippen LogP contribution is -2.34. The van der Waals surface area contributed by atoms with Crippen molar-refractivity contribution in [2.24, 2.45) is 0 Å². The van der Waals surface area contributed by atoms with Crippen LogP contribution in [0.3, 0.4) is 0 Å². The second-order valence-electron chi connectivity index (χ2n) is 5.64. The van der Waals surface area contributed by atoms with E-state index in [0.717, 1.165) is 22.8 Å². The van der Waals surface area contributed by atoms with E-state index in [-0.39, 0.29) is 13.2 Å². The predicted octanol–water partition coefficient (Wildman–Crippen LogP) is 2.14. The Morgan fingerprint density at radius 1 is 1.17 bits per heavy atom. The number of methoxy groups -OCH3 is 1. The van der Waals surface area contributed by atoms with E-state index in [1.165, 1.54) is 0 Å². The van der Waals surface area contributed by atoms with Gasteiger partial charge in [0.15, 0.2) is 0 Å². The van der Waals surface area contributed by atoms with Gasteiger partial charge < -0.3 is 24.3 Å². The molecule has 1 aromatic heterocycles. The monoisotopic (exact) mass is 319 g/mol. The highest BCUT2D eigenvalue weighted by molar-refractivity contribution is 5.48. The molecule has 0 aliphatic rings. The van der Waals surface area contributed by atoms with Gasteiger partial charge in [-0.05, 0) is 43.2 Å². The average molecular weight is 319 g/mol. The molecule has 0 amide bonds. The van der Waals surface area contributed by atoms with E-state index in [2.05, 4.69) is 4.90 Å². The van der Waals surface area contributed by atoms with Gasteiger partial charge in [-0.1, -0.05) is 12.1 Å². The van der Waals surface area contributed by atoms with Crippen molar-refractivity contribution < 1.29 is 19.4 Å². The summed E-state index contributed by atoms with van der Waals surface area (Å²) in [5, 5.41) is 19.1. The van der Waals surface area contributed by atoms with Crippen molar-refractivity contribution in [1.29, 1.82) is 0 Å². The van der Waals surface area contributed by atoms with Gasteiger partial charge in [0.05, 0.1) is 19.3 Å². The SMILES string of the molecule is COCC(O)CN(Cc1ccc(C)o1)c1ccc(CCO)cc1. The summed E-state index contributed by atoms with van der Waals surface area (Å²) < 4.78 is 10.7. The summed E-state index contributed by atoms with van der Waals surface area (Å²) in [6, 6.07) is 11.9. The summed E-state index contributed by atoms with van der Waals surface area (Å²) in [6.45, 7) is 3.37. The third-order valence-electron chi connectivity index (χ3n) is 3.63. The molecule has 0 aliphatic heterocycles. The lowest BCUT2D eigenvalue weighted by atomic mass is 10.1. The molecule has 23 heavy (non-hydrogen) atoms. The first-order chi connectivity index (χ1) is 11.1. The fourth-order valence-electron chi connectivity index (χ4n) is 2.52. The predicted molar refractivity (Wildman–Crippen MR) is 89.6 cm³/mol. The number of hydrogen-bond donors (Lipinski definition) is 2. The molecular formula is C18H25NO4. The van der Waals surface area contributed by atoms with E-state index >= 15 is 0 Å². The Balaban J connectivity index is 2.14. The third kappa shape index (κ3) is 5.39. The van der Waals surface area contributed by atoms with Gasteiger partial charge in [0.25, 0.3) is 0 Å². The maximum absolute atomic E-state index is 10.1. The minimum Gasteiger partial charge on any atom is -0.464 e. The van der Waals surface area contributed by atoms with E-state index in [9.17, 15) is 5.11 Å². The number of ether oxygens (including phenoxy) is 1. The van der Waals surface area contributed by atoms with Crippen molar-refractivity contribution in [3.63, 3.8) is 0 Å². The fourth-order valence-corrected chi connectivity index (χ4v) is 2.52. The van der Waals surface area contributed by atoms with Crippen LogP contribution in [0.25, 0.3) is 0 Å². The highest BCUT2D eigenvalue weighted by Gasteiger charge is 2.15. The van der Waals surface area contributed by atoms with E-state index < -0.39 is 6.10 Å². The van der Waals surface area contributed by atoms with Gasteiger partial charge in [-0.2, -0.15) is 0 Å². The highest BCUT2D eigenvalue weighted by atomic mass is 16.5. The Labute approximate surface area is 137 Å². The first-order valence-corrected chi connectivity index (χ1v) is 7.79. The molecule has 1 unspecified atom stereocenters. The molecule has 2 N–H and O–H groups in total. The van der Waals surface area contributed by atoms with Crippen LogP contribution in [0.15, 0.2) is 40.8 Å². The van der Waals surface area contributed by atoms with Crippen LogP contribution in [0.4, 0.5) is 5.69 Å². The number of benzene rings is 1. The van der Waals surface area contributed by atoms with E-state index in [1.807, 2.05) is 43.3 Å². The highest BCUT2D eigenvalue weighted by Crippen LogP contribution is 2.20. The molecule has 1 aromatic carbocycles. The van der Waals surface area contributed by atoms with Crippen LogP contribution in [0, 0.1) is 6.92 Å². The molecule has 2 rings (SSSR count). The minimum absolute atomic E-state index is 0.140. The molecule has 1 atom stereocenters. The Morgan fingerprint density at radius 2 is 1.91 bits per heavy atom. The standard InChI is InChI=1S/C18H25NO4/c1-14-3-8-18(23-14)12-19(11-17(21)13-22-2)16-6-4-15(5-7-16)9-10-20/h3-8,17,20-21H,9-13H2,1-2H3. The number of furan rings is 1. The first kappa shape index (κ1) is 17.5. The Bertz CT molecular complexity index is 579. The van der Waals surface area contributed by atoms with Crippen molar-refractivity contribution in [2.45, 2.75) is 26.0 Å². The first-order valence-electron chi connectivity index (χ1n) is 7.79. The Kier molecular flexibility index (Phi) is 6.65. The zero-order valence-corrected chi connectivity index (χ0v) is 13.7. The van der Waals surface area contributed by atoms with Crippen molar-refractivity contribution >= 4 is 5.69 Å². The van der Waals surface area contributed by atoms with Gasteiger partial charge >= 0.3 is 0 Å². The molecule has 0 bridgehead atoms. The zero-order valence-electron chi connectivity index (χ0n) is 13.7. The summed E-state index contributed by atoms with van der Waals surface area (Å²) in [7, 11) is 1.58. The van der Waals surface area contributed by atoms with Crippen LogP contribution < -0.4 is 4.90 Å². The topological polar surface area (TPSA) is 66.1 Å². The smallest absolute Gasteiger partial charge is 0.123 e. The summed E-state index contributed by atoms with van der Waals surface area (Å²) in [5.74, 6) is 1.72. The molecule has 0 radical (unpaired) electrons. The molecule has 5 heteroatoms.